The van der Waals surface area contributed by atoms with Crippen LogP contribution < -0.4 is 10.6 Å². The van der Waals surface area contributed by atoms with E-state index in [1.54, 1.807) is 0 Å². The van der Waals surface area contributed by atoms with Crippen LogP contribution in [-0.2, 0) is 0 Å². The molecule has 2 nitrogen and oxygen atoms in total. The van der Waals surface area contributed by atoms with Crippen molar-refractivity contribution in [1.29, 1.82) is 0 Å². The van der Waals surface area contributed by atoms with Gasteiger partial charge in [0.15, 0.2) is 0 Å². The molecule has 2 fully saturated rings. The molecule has 10 heavy (non-hydrogen) atoms. The molecule has 2 N–H and O–H groups in total. The van der Waals surface area contributed by atoms with E-state index in [4.69, 9.17) is 0 Å². The molecule has 0 amide bonds. The van der Waals surface area contributed by atoms with Crippen molar-refractivity contribution in [3.63, 3.8) is 0 Å². The topological polar surface area (TPSA) is 24.1 Å². The Hall–Kier alpha value is -0.0800. The SMILES string of the molecule is C1CNC[C@@H]2CCN[C@H]2C1. The Balaban J connectivity index is 1.95. The molecule has 0 aromatic carbocycles. The van der Waals surface area contributed by atoms with E-state index in [2.05, 4.69) is 10.6 Å². The fraction of sp³-hybridized carbons (Fsp3) is 1.00. The van der Waals surface area contributed by atoms with E-state index >= 15 is 0 Å². The monoisotopic (exact) mass is 140 g/mol. The van der Waals surface area contributed by atoms with Gasteiger partial charge < -0.3 is 10.6 Å². The Morgan fingerprint density at radius 3 is 3.10 bits per heavy atom. The molecule has 0 bridgehead atoms. The van der Waals surface area contributed by atoms with Crippen LogP contribution in [0.3, 0.4) is 0 Å². The summed E-state index contributed by atoms with van der Waals surface area (Å²) in [4.78, 5) is 0. The predicted molar refractivity (Wildman–Crippen MR) is 42.0 cm³/mol. The third-order valence-corrected chi connectivity index (χ3v) is 2.77. The first-order valence-electron chi connectivity index (χ1n) is 4.41. The second kappa shape index (κ2) is 2.89. The Kier molecular flexibility index (Phi) is 1.91. The van der Waals surface area contributed by atoms with Gasteiger partial charge in [-0.1, -0.05) is 0 Å². The molecule has 0 saturated carbocycles. The minimum absolute atomic E-state index is 0.843. The van der Waals surface area contributed by atoms with Crippen molar-refractivity contribution in [3.8, 4) is 0 Å². The average molecular weight is 140 g/mol. The molecule has 0 unspecified atom stereocenters. The minimum atomic E-state index is 0.843. The van der Waals surface area contributed by atoms with E-state index in [-0.39, 0.29) is 0 Å². The standard InChI is InChI=1S/C8H16N2/c1-2-8-7(3-5-10-8)6-9-4-1/h7-10H,1-6H2/t7-,8-/m0/s1. The highest BCUT2D eigenvalue weighted by Gasteiger charge is 2.27. The van der Waals surface area contributed by atoms with Crippen LogP contribution in [0.25, 0.3) is 0 Å². The quantitative estimate of drug-likeness (QED) is 0.507. The number of nitrogens with one attached hydrogen (secondary N) is 2. The molecule has 0 aromatic heterocycles. The second-order valence-corrected chi connectivity index (χ2v) is 3.46. The van der Waals surface area contributed by atoms with E-state index in [1.807, 2.05) is 0 Å². The van der Waals surface area contributed by atoms with Gasteiger partial charge in [0.1, 0.15) is 0 Å². The zero-order valence-corrected chi connectivity index (χ0v) is 6.40. The zero-order valence-electron chi connectivity index (χ0n) is 6.40. The van der Waals surface area contributed by atoms with Gasteiger partial charge in [-0.15, -0.1) is 0 Å². The summed E-state index contributed by atoms with van der Waals surface area (Å²) in [6, 6.07) is 0.843. The largest absolute Gasteiger partial charge is 0.316 e. The van der Waals surface area contributed by atoms with Crippen molar-refractivity contribution >= 4 is 0 Å². The number of rotatable bonds is 0. The number of hydrogen-bond donors (Lipinski definition) is 2. The van der Waals surface area contributed by atoms with Crippen molar-refractivity contribution in [3.05, 3.63) is 0 Å². The van der Waals surface area contributed by atoms with Crippen LogP contribution in [0.15, 0.2) is 0 Å². The summed E-state index contributed by atoms with van der Waals surface area (Å²) in [5, 5.41) is 7.04. The lowest BCUT2D eigenvalue weighted by molar-refractivity contribution is 0.442. The van der Waals surface area contributed by atoms with Gasteiger partial charge in [0.2, 0.25) is 0 Å². The van der Waals surface area contributed by atoms with Gasteiger partial charge in [-0.25, -0.2) is 0 Å². The van der Waals surface area contributed by atoms with Crippen LogP contribution in [0.1, 0.15) is 19.3 Å². The van der Waals surface area contributed by atoms with Crippen LogP contribution in [0, 0.1) is 5.92 Å². The lowest BCUT2D eigenvalue weighted by Gasteiger charge is -2.14. The summed E-state index contributed by atoms with van der Waals surface area (Å²) in [7, 11) is 0. The first-order valence-corrected chi connectivity index (χ1v) is 4.41. The van der Waals surface area contributed by atoms with E-state index in [1.165, 1.54) is 38.9 Å². The second-order valence-electron chi connectivity index (χ2n) is 3.46. The van der Waals surface area contributed by atoms with Crippen molar-refractivity contribution in [2.75, 3.05) is 19.6 Å². The summed E-state index contributed by atoms with van der Waals surface area (Å²) >= 11 is 0. The van der Waals surface area contributed by atoms with E-state index < -0.39 is 0 Å². The third kappa shape index (κ3) is 1.18. The average Bonchev–Trinajstić information content (AvgIpc) is 2.28. The molecule has 2 aliphatic heterocycles. The van der Waals surface area contributed by atoms with Crippen molar-refractivity contribution in [2.24, 2.45) is 5.92 Å². The summed E-state index contributed by atoms with van der Waals surface area (Å²) in [6.45, 7) is 3.73. The van der Waals surface area contributed by atoms with E-state index in [0.29, 0.717) is 0 Å². The van der Waals surface area contributed by atoms with Crippen LogP contribution in [0.2, 0.25) is 0 Å². The molecule has 0 aliphatic carbocycles. The Morgan fingerprint density at radius 1 is 1.10 bits per heavy atom. The Morgan fingerprint density at radius 2 is 2.10 bits per heavy atom. The molecule has 2 heteroatoms. The molecular formula is C8H16N2. The van der Waals surface area contributed by atoms with Crippen LogP contribution in [0.4, 0.5) is 0 Å². The molecule has 0 spiro atoms. The van der Waals surface area contributed by atoms with Crippen LogP contribution in [0.5, 0.6) is 0 Å². The first kappa shape index (κ1) is 6.62. The van der Waals surface area contributed by atoms with Crippen molar-refractivity contribution in [1.82, 2.24) is 10.6 Å². The molecule has 0 aromatic rings. The molecule has 2 heterocycles. The molecule has 2 rings (SSSR count). The Bertz CT molecular complexity index is 102. The highest BCUT2D eigenvalue weighted by molar-refractivity contribution is 4.86. The first-order chi connectivity index (χ1) is 4.97. The normalized spacial score (nSPS) is 40.8. The highest BCUT2D eigenvalue weighted by atomic mass is 15.0. The highest BCUT2D eigenvalue weighted by Crippen LogP contribution is 2.20. The summed E-state index contributed by atoms with van der Waals surface area (Å²) in [5.74, 6) is 0.933. The van der Waals surface area contributed by atoms with Crippen molar-refractivity contribution in [2.45, 2.75) is 25.3 Å². The summed E-state index contributed by atoms with van der Waals surface area (Å²) in [5.41, 5.74) is 0. The molecule has 0 radical (unpaired) electrons. The fourth-order valence-electron chi connectivity index (χ4n) is 2.14. The van der Waals surface area contributed by atoms with Crippen molar-refractivity contribution < 1.29 is 0 Å². The molecule has 58 valence electrons. The minimum Gasteiger partial charge on any atom is -0.316 e. The molecule has 2 atom stereocenters. The van der Waals surface area contributed by atoms with Gasteiger partial charge in [0.05, 0.1) is 0 Å². The third-order valence-electron chi connectivity index (χ3n) is 2.77. The fourth-order valence-corrected chi connectivity index (χ4v) is 2.14. The van der Waals surface area contributed by atoms with Gasteiger partial charge in [-0.2, -0.15) is 0 Å². The maximum atomic E-state index is 3.56. The predicted octanol–water partition coefficient (Wildman–Crippen LogP) is 0.348. The van der Waals surface area contributed by atoms with Gasteiger partial charge in [0, 0.05) is 6.04 Å². The molecule has 2 saturated heterocycles. The van der Waals surface area contributed by atoms with Gasteiger partial charge in [-0.05, 0) is 44.8 Å². The van der Waals surface area contributed by atoms with E-state index in [0.717, 1.165) is 12.0 Å². The number of hydrogen-bond acceptors (Lipinski definition) is 2. The maximum absolute atomic E-state index is 3.56. The summed E-state index contributed by atoms with van der Waals surface area (Å²) in [6.07, 6.45) is 4.13. The zero-order chi connectivity index (χ0) is 6.81. The Labute approximate surface area is 62.4 Å². The molecular weight excluding hydrogens is 124 g/mol. The summed E-state index contributed by atoms with van der Waals surface area (Å²) < 4.78 is 0. The van der Waals surface area contributed by atoms with Crippen LogP contribution >= 0.6 is 0 Å². The lowest BCUT2D eigenvalue weighted by atomic mass is 9.99. The maximum Gasteiger partial charge on any atom is 0.0108 e. The smallest absolute Gasteiger partial charge is 0.0108 e. The van der Waals surface area contributed by atoms with Gasteiger partial charge in [-0.3, -0.25) is 0 Å². The lowest BCUT2D eigenvalue weighted by Crippen LogP contribution is -2.29. The van der Waals surface area contributed by atoms with E-state index in [9.17, 15) is 0 Å². The van der Waals surface area contributed by atoms with Gasteiger partial charge >= 0.3 is 0 Å². The van der Waals surface area contributed by atoms with Crippen LogP contribution in [-0.4, -0.2) is 25.7 Å². The molecule has 2 aliphatic rings. The number of fused-ring (bicyclic) bond motifs is 1. The van der Waals surface area contributed by atoms with Gasteiger partial charge in [0.25, 0.3) is 0 Å².